The Kier molecular flexibility index (Phi) is 7.82. The van der Waals surface area contributed by atoms with Crippen molar-refractivity contribution in [1.82, 2.24) is 9.80 Å². The van der Waals surface area contributed by atoms with E-state index in [0.717, 1.165) is 19.1 Å². The Morgan fingerprint density at radius 3 is 2.35 bits per heavy atom. The lowest BCUT2D eigenvalue weighted by atomic mass is 9.94. The first-order valence-corrected chi connectivity index (χ1v) is 13.3. The van der Waals surface area contributed by atoms with Crippen molar-refractivity contribution in [2.75, 3.05) is 17.2 Å². The Bertz CT molecular complexity index is 1560. The molecule has 1 heterocycles. The quantitative estimate of drug-likeness (QED) is 0.346. The van der Waals surface area contributed by atoms with Crippen LogP contribution < -0.4 is 10.6 Å². The summed E-state index contributed by atoms with van der Waals surface area (Å²) >= 11 is 0. The standard InChI is InChI=1S/C30H26F4N4O5/c1-18(30(32,33)34)37(16-19-7-9-21(31)10-8-19)25(39)17-38-26(40)29(43-28(38)42)14-13-20-15-23(11-12-24(20)29)36-27(41)35-22-5-3-2-4-6-22/h2-12,15,18H,13-14,16-17H2,1H3,(H2,35,36,41)/t18-,29+/m0/s1. The van der Waals surface area contributed by atoms with Crippen LogP contribution in [0.2, 0.25) is 0 Å². The van der Waals surface area contributed by atoms with E-state index < -0.39 is 60.7 Å². The van der Waals surface area contributed by atoms with E-state index in [1.807, 2.05) is 0 Å². The maximum atomic E-state index is 13.7. The van der Waals surface area contributed by atoms with Gasteiger partial charge in [0.05, 0.1) is 0 Å². The van der Waals surface area contributed by atoms with E-state index in [0.29, 0.717) is 38.7 Å². The summed E-state index contributed by atoms with van der Waals surface area (Å²) in [4.78, 5) is 53.0. The Morgan fingerprint density at radius 2 is 1.67 bits per heavy atom. The van der Waals surface area contributed by atoms with Crippen molar-refractivity contribution >= 4 is 35.3 Å². The molecule has 0 radical (unpaired) electrons. The van der Waals surface area contributed by atoms with E-state index in [9.17, 15) is 36.7 Å². The van der Waals surface area contributed by atoms with E-state index in [-0.39, 0.29) is 12.0 Å². The molecule has 0 saturated carbocycles. The molecule has 9 nitrogen and oxygen atoms in total. The van der Waals surface area contributed by atoms with Gasteiger partial charge in [-0.3, -0.25) is 9.59 Å². The Balaban J connectivity index is 1.31. The molecule has 224 valence electrons. The average molecular weight is 599 g/mol. The predicted molar refractivity (Wildman–Crippen MR) is 146 cm³/mol. The number of hydrogen-bond donors (Lipinski definition) is 2. The Hall–Kier alpha value is -4.94. The average Bonchev–Trinajstić information content (AvgIpc) is 3.43. The number of anilines is 2. The van der Waals surface area contributed by atoms with Gasteiger partial charge in [0.15, 0.2) is 0 Å². The monoisotopic (exact) mass is 598 g/mol. The maximum Gasteiger partial charge on any atom is 0.418 e. The van der Waals surface area contributed by atoms with Gasteiger partial charge in [0.1, 0.15) is 18.4 Å². The van der Waals surface area contributed by atoms with Crippen LogP contribution in [0.4, 0.5) is 38.5 Å². The molecule has 5 amide bonds. The second-order valence-electron chi connectivity index (χ2n) is 10.3. The topological polar surface area (TPSA) is 108 Å². The van der Waals surface area contributed by atoms with Crippen molar-refractivity contribution in [3.63, 3.8) is 0 Å². The summed E-state index contributed by atoms with van der Waals surface area (Å²) in [5.41, 5.74) is 0.473. The number of carbonyl (C=O) groups is 4. The summed E-state index contributed by atoms with van der Waals surface area (Å²) in [6, 6.07) is 15.3. The van der Waals surface area contributed by atoms with Crippen molar-refractivity contribution in [3.05, 3.63) is 95.3 Å². The number of urea groups is 1. The lowest BCUT2D eigenvalue weighted by molar-refractivity contribution is -0.187. The number of benzene rings is 3. The lowest BCUT2D eigenvalue weighted by Crippen LogP contribution is -2.51. The zero-order valence-electron chi connectivity index (χ0n) is 22.8. The largest absolute Gasteiger partial charge is 0.427 e. The number of amides is 5. The third-order valence-corrected chi connectivity index (χ3v) is 7.47. The van der Waals surface area contributed by atoms with Gasteiger partial charge in [0.2, 0.25) is 11.5 Å². The van der Waals surface area contributed by atoms with Gasteiger partial charge in [-0.05, 0) is 60.9 Å². The molecule has 2 aliphatic rings. The third-order valence-electron chi connectivity index (χ3n) is 7.47. The van der Waals surface area contributed by atoms with Crippen molar-refractivity contribution in [2.45, 2.75) is 44.1 Å². The van der Waals surface area contributed by atoms with Crippen LogP contribution >= 0.6 is 0 Å². The van der Waals surface area contributed by atoms with Gasteiger partial charge in [-0.2, -0.15) is 13.2 Å². The summed E-state index contributed by atoms with van der Waals surface area (Å²) < 4.78 is 59.8. The van der Waals surface area contributed by atoms with E-state index in [1.165, 1.54) is 24.3 Å². The highest BCUT2D eigenvalue weighted by atomic mass is 19.4. The van der Waals surface area contributed by atoms with Gasteiger partial charge in [-0.1, -0.05) is 36.4 Å². The fourth-order valence-electron chi connectivity index (χ4n) is 5.18. The van der Waals surface area contributed by atoms with Crippen molar-refractivity contribution in [3.8, 4) is 0 Å². The van der Waals surface area contributed by atoms with E-state index >= 15 is 0 Å². The number of aryl methyl sites for hydroxylation is 1. The molecule has 0 bridgehead atoms. The zero-order valence-corrected chi connectivity index (χ0v) is 22.8. The van der Waals surface area contributed by atoms with Gasteiger partial charge in [-0.15, -0.1) is 0 Å². The molecule has 1 saturated heterocycles. The number of alkyl halides is 3. The predicted octanol–water partition coefficient (Wildman–Crippen LogP) is 5.57. The van der Waals surface area contributed by atoms with Crippen molar-refractivity contribution < 1.29 is 41.5 Å². The van der Waals surface area contributed by atoms with Crippen molar-refractivity contribution in [1.29, 1.82) is 0 Å². The number of carbonyl (C=O) groups excluding carboxylic acids is 4. The maximum absolute atomic E-state index is 13.7. The van der Waals surface area contributed by atoms with Gasteiger partial charge >= 0.3 is 18.3 Å². The molecule has 1 aliphatic heterocycles. The summed E-state index contributed by atoms with van der Waals surface area (Å²) in [6.45, 7) is -0.722. The summed E-state index contributed by atoms with van der Waals surface area (Å²) in [7, 11) is 0. The first kappa shape index (κ1) is 29.5. The van der Waals surface area contributed by atoms with E-state index in [4.69, 9.17) is 4.74 Å². The summed E-state index contributed by atoms with van der Waals surface area (Å²) in [5.74, 6) is -2.61. The summed E-state index contributed by atoms with van der Waals surface area (Å²) in [5, 5.41) is 5.38. The highest BCUT2D eigenvalue weighted by Gasteiger charge is 2.58. The number of ether oxygens (including phenoxy) is 1. The molecule has 1 aliphatic carbocycles. The lowest BCUT2D eigenvalue weighted by Gasteiger charge is -2.31. The third kappa shape index (κ3) is 6.01. The van der Waals surface area contributed by atoms with Crippen LogP contribution in [0.25, 0.3) is 0 Å². The highest BCUT2D eigenvalue weighted by molar-refractivity contribution is 6.06. The normalized spacial score (nSPS) is 18.3. The molecule has 2 atom stereocenters. The first-order valence-electron chi connectivity index (χ1n) is 13.3. The SMILES string of the molecule is C[C@H](N(Cc1ccc(F)cc1)C(=O)CN1C(=O)O[C@@]2(CCc3cc(NC(=O)Nc4ccccc4)ccc32)C1=O)C(F)(F)F. The second-order valence-corrected chi connectivity index (χ2v) is 10.3. The molecule has 1 fully saturated rings. The van der Waals surface area contributed by atoms with Crippen LogP contribution in [0.1, 0.15) is 30.0 Å². The molecule has 0 aromatic heterocycles. The van der Waals surface area contributed by atoms with Gasteiger partial charge < -0.3 is 20.3 Å². The second kappa shape index (κ2) is 11.4. The van der Waals surface area contributed by atoms with Crippen LogP contribution in [0.15, 0.2) is 72.8 Å². The minimum absolute atomic E-state index is 0.0511. The molecular weight excluding hydrogens is 572 g/mol. The molecule has 5 rings (SSSR count). The number of hydrogen-bond acceptors (Lipinski definition) is 5. The molecule has 43 heavy (non-hydrogen) atoms. The number of nitrogens with zero attached hydrogens (tertiary/aromatic N) is 2. The van der Waals surface area contributed by atoms with Crippen LogP contribution in [0.3, 0.4) is 0 Å². The summed E-state index contributed by atoms with van der Waals surface area (Å²) in [6.07, 6.45) is -5.61. The number of para-hydroxylation sites is 1. The van der Waals surface area contributed by atoms with Crippen LogP contribution in [0.5, 0.6) is 0 Å². The number of imide groups is 1. The smallest absolute Gasteiger partial charge is 0.418 e. The first-order chi connectivity index (χ1) is 20.4. The molecule has 1 spiro atoms. The van der Waals surface area contributed by atoms with Crippen LogP contribution in [0, 0.1) is 5.82 Å². The molecule has 0 unspecified atom stereocenters. The molecule has 13 heteroatoms. The van der Waals surface area contributed by atoms with Crippen LogP contribution in [-0.4, -0.2) is 52.5 Å². The Labute approximate surface area is 243 Å². The van der Waals surface area contributed by atoms with Crippen molar-refractivity contribution in [2.24, 2.45) is 0 Å². The zero-order chi connectivity index (χ0) is 30.9. The Morgan fingerprint density at radius 1 is 1.00 bits per heavy atom. The van der Waals surface area contributed by atoms with Gasteiger partial charge in [0, 0.05) is 29.9 Å². The highest BCUT2D eigenvalue weighted by Crippen LogP contribution is 2.46. The number of rotatable bonds is 7. The van der Waals surface area contributed by atoms with E-state index in [2.05, 4.69) is 10.6 Å². The fourth-order valence-corrected chi connectivity index (χ4v) is 5.18. The minimum Gasteiger partial charge on any atom is -0.427 e. The fraction of sp³-hybridized carbons (Fsp3) is 0.267. The molecular formula is C30H26F4N4O5. The molecule has 2 N–H and O–H groups in total. The van der Waals surface area contributed by atoms with Crippen LogP contribution in [-0.2, 0) is 32.9 Å². The number of halogens is 4. The molecule has 3 aromatic carbocycles. The van der Waals surface area contributed by atoms with Gasteiger partial charge in [-0.25, -0.2) is 18.9 Å². The minimum atomic E-state index is -4.80. The van der Waals surface area contributed by atoms with E-state index in [1.54, 1.807) is 36.4 Å². The molecule has 3 aromatic rings. The number of fused-ring (bicyclic) bond motifs is 2. The number of nitrogens with one attached hydrogen (secondary N) is 2. The van der Waals surface area contributed by atoms with Gasteiger partial charge in [0.25, 0.3) is 5.91 Å².